The molecule has 1 aliphatic heterocycles. The van der Waals surface area contributed by atoms with Gasteiger partial charge in [-0.25, -0.2) is 13.4 Å². The Kier molecular flexibility index (Phi) is 8.19. The molecule has 3 aromatic rings. The van der Waals surface area contributed by atoms with Gasteiger partial charge in [0.15, 0.2) is 15.0 Å². The van der Waals surface area contributed by atoms with E-state index in [1.807, 2.05) is 6.07 Å². The molecule has 1 amide bonds. The van der Waals surface area contributed by atoms with Crippen LogP contribution in [0, 0.1) is 5.92 Å². The average molecular weight is 608 g/mol. The van der Waals surface area contributed by atoms with Crippen molar-refractivity contribution in [2.45, 2.75) is 75.8 Å². The number of nitrogens with zero attached hydrogens (tertiary/aromatic N) is 2. The Morgan fingerprint density at radius 3 is 2.41 bits per heavy atom. The van der Waals surface area contributed by atoms with Crippen molar-refractivity contribution in [3.05, 3.63) is 69.7 Å². The smallest absolute Gasteiger partial charge is 0.406 e. The largest absolute Gasteiger partial charge is 0.573 e. The first-order valence-electron chi connectivity index (χ1n) is 13.5. The van der Waals surface area contributed by atoms with Gasteiger partial charge in [-0.1, -0.05) is 44.5 Å². The van der Waals surface area contributed by atoms with E-state index in [2.05, 4.69) is 28.8 Å². The molecule has 2 aromatic carbocycles. The van der Waals surface area contributed by atoms with Gasteiger partial charge in [0, 0.05) is 24.2 Å². The van der Waals surface area contributed by atoms with Gasteiger partial charge in [0.2, 0.25) is 5.91 Å². The Morgan fingerprint density at radius 1 is 1.15 bits per heavy atom. The fourth-order valence-electron chi connectivity index (χ4n) is 5.57. The van der Waals surface area contributed by atoms with Gasteiger partial charge in [-0.2, -0.15) is 0 Å². The summed E-state index contributed by atoms with van der Waals surface area (Å²) >= 11 is 1.42. The van der Waals surface area contributed by atoms with Gasteiger partial charge in [-0.3, -0.25) is 9.69 Å². The fourth-order valence-corrected chi connectivity index (χ4v) is 7.59. The van der Waals surface area contributed by atoms with Gasteiger partial charge in [0.1, 0.15) is 5.75 Å². The molecule has 0 saturated heterocycles. The number of amides is 1. The number of anilines is 1. The molecule has 2 heterocycles. The van der Waals surface area contributed by atoms with Crippen LogP contribution in [0.5, 0.6) is 5.75 Å². The molecule has 1 fully saturated rings. The third-order valence-corrected chi connectivity index (χ3v) is 9.69. The van der Waals surface area contributed by atoms with Crippen LogP contribution >= 0.6 is 11.3 Å². The molecule has 1 N–H and O–H groups in total. The van der Waals surface area contributed by atoms with Crippen molar-refractivity contribution >= 4 is 32.2 Å². The van der Waals surface area contributed by atoms with Crippen molar-refractivity contribution in [3.8, 4) is 5.75 Å². The molecule has 12 heteroatoms. The lowest BCUT2D eigenvalue weighted by molar-refractivity contribution is -0.274. The zero-order valence-electron chi connectivity index (χ0n) is 23.0. The first-order valence-corrected chi connectivity index (χ1v) is 16.2. The summed E-state index contributed by atoms with van der Waals surface area (Å²) in [7, 11) is -3.35. The van der Waals surface area contributed by atoms with E-state index in [1.54, 1.807) is 24.3 Å². The first kappa shape index (κ1) is 29.5. The number of benzene rings is 2. The van der Waals surface area contributed by atoms with E-state index in [4.69, 9.17) is 4.98 Å². The Hall–Kier alpha value is -2.96. The monoisotopic (exact) mass is 607 g/mol. The molecular formula is C29H32F3N3O4S2. The molecular weight excluding hydrogens is 575 g/mol. The van der Waals surface area contributed by atoms with Crippen LogP contribution in [0.4, 0.5) is 18.3 Å². The number of sulfone groups is 1. The third kappa shape index (κ3) is 6.92. The van der Waals surface area contributed by atoms with Gasteiger partial charge in [-0.15, -0.1) is 24.5 Å². The molecule has 1 aromatic heterocycles. The number of hydrogen-bond donors (Lipinski definition) is 1. The predicted octanol–water partition coefficient (Wildman–Crippen LogP) is 6.61. The quantitative estimate of drug-likeness (QED) is 0.295. The summed E-state index contributed by atoms with van der Waals surface area (Å²) in [6, 6.07) is 11.0. The summed E-state index contributed by atoms with van der Waals surface area (Å²) in [5.74, 6) is -0.0437. The van der Waals surface area contributed by atoms with Crippen LogP contribution in [0.25, 0.3) is 0 Å². The summed E-state index contributed by atoms with van der Waals surface area (Å²) in [5.41, 5.74) is 3.33. The van der Waals surface area contributed by atoms with Gasteiger partial charge in [-0.05, 0) is 59.6 Å². The summed E-state index contributed by atoms with van der Waals surface area (Å²) in [5, 5.41) is 3.44. The average Bonchev–Trinajstić information content (AvgIpc) is 3.33. The van der Waals surface area contributed by atoms with Crippen molar-refractivity contribution in [2.75, 3.05) is 11.6 Å². The van der Waals surface area contributed by atoms with Crippen LogP contribution in [0.15, 0.2) is 47.4 Å². The molecule has 0 spiro atoms. The molecule has 7 nitrogen and oxygen atoms in total. The van der Waals surface area contributed by atoms with Crippen molar-refractivity contribution in [3.63, 3.8) is 0 Å². The van der Waals surface area contributed by atoms with Crippen molar-refractivity contribution in [1.29, 1.82) is 0 Å². The maximum atomic E-state index is 12.9. The summed E-state index contributed by atoms with van der Waals surface area (Å²) in [6.07, 6.45) is -0.419. The molecule has 1 saturated carbocycles. The number of hydrogen-bond acceptors (Lipinski definition) is 7. The van der Waals surface area contributed by atoms with Gasteiger partial charge in [0.25, 0.3) is 0 Å². The molecule has 1 aliphatic carbocycles. The lowest BCUT2D eigenvalue weighted by Gasteiger charge is -2.28. The van der Waals surface area contributed by atoms with E-state index in [0.29, 0.717) is 23.1 Å². The zero-order chi connectivity index (χ0) is 29.5. The predicted molar refractivity (Wildman–Crippen MR) is 151 cm³/mol. The van der Waals surface area contributed by atoms with Crippen molar-refractivity contribution < 1.29 is 31.1 Å². The summed E-state index contributed by atoms with van der Waals surface area (Å²) in [4.78, 5) is 21.3. The topological polar surface area (TPSA) is 88.6 Å². The number of thiazole rings is 1. The summed E-state index contributed by atoms with van der Waals surface area (Å²) in [6.45, 7) is 5.33. The standard InChI is InChI=1S/C29H32F3N3O4S2/c1-17(2)27-26-23(16-35(27)15-18-7-10-21(11-8-18)39-29(30,31)32)40-28(34-26)33-25(36)14-19-9-12-24(41(3,37)38)22(13-19)20-5-4-6-20/h7-13,17,20,27H,4-6,14-16H2,1-3H3,(H,33,34,36)/t27-/m1/s1. The number of aromatic nitrogens is 1. The van der Waals surface area contributed by atoms with E-state index in [1.165, 1.54) is 29.7 Å². The van der Waals surface area contributed by atoms with E-state index in [0.717, 1.165) is 46.5 Å². The molecule has 5 rings (SSSR count). The van der Waals surface area contributed by atoms with Crippen LogP contribution in [0.2, 0.25) is 0 Å². The number of ether oxygens (including phenoxy) is 1. The normalized spacial score (nSPS) is 17.9. The number of carbonyl (C=O) groups excluding carboxylic acids is 1. The Morgan fingerprint density at radius 2 is 1.83 bits per heavy atom. The number of carbonyl (C=O) groups is 1. The minimum atomic E-state index is -4.73. The van der Waals surface area contributed by atoms with E-state index >= 15 is 0 Å². The minimum Gasteiger partial charge on any atom is -0.406 e. The highest BCUT2D eigenvalue weighted by Crippen LogP contribution is 2.43. The maximum absolute atomic E-state index is 12.9. The second kappa shape index (κ2) is 11.4. The number of fused-ring (bicyclic) bond motifs is 1. The van der Waals surface area contributed by atoms with Crippen molar-refractivity contribution in [1.82, 2.24) is 9.88 Å². The van der Waals surface area contributed by atoms with Crippen LogP contribution in [0.3, 0.4) is 0 Å². The van der Waals surface area contributed by atoms with Crippen LogP contribution in [0.1, 0.15) is 72.3 Å². The van der Waals surface area contributed by atoms with E-state index in [9.17, 15) is 26.4 Å². The fraction of sp³-hybridized carbons (Fsp3) is 0.448. The van der Waals surface area contributed by atoms with Crippen LogP contribution < -0.4 is 10.1 Å². The number of nitrogens with one attached hydrogen (secondary N) is 1. The Balaban J connectivity index is 1.25. The summed E-state index contributed by atoms with van der Waals surface area (Å²) < 4.78 is 65.9. The highest BCUT2D eigenvalue weighted by atomic mass is 32.2. The molecule has 0 bridgehead atoms. The zero-order valence-corrected chi connectivity index (χ0v) is 24.6. The Bertz CT molecular complexity index is 1530. The molecule has 41 heavy (non-hydrogen) atoms. The number of alkyl halides is 3. The highest BCUT2D eigenvalue weighted by molar-refractivity contribution is 7.90. The second-order valence-electron chi connectivity index (χ2n) is 11.1. The lowest BCUT2D eigenvalue weighted by Crippen LogP contribution is -2.26. The van der Waals surface area contributed by atoms with Gasteiger partial charge >= 0.3 is 6.36 Å². The maximum Gasteiger partial charge on any atom is 0.573 e. The van der Waals surface area contributed by atoms with Crippen LogP contribution in [-0.4, -0.2) is 36.8 Å². The number of halogens is 3. The van der Waals surface area contributed by atoms with Gasteiger partial charge in [0.05, 0.1) is 23.1 Å². The Labute approximate surface area is 241 Å². The third-order valence-electron chi connectivity index (χ3n) is 7.55. The van der Waals surface area contributed by atoms with Crippen molar-refractivity contribution in [2.24, 2.45) is 5.92 Å². The molecule has 0 radical (unpaired) electrons. The first-order chi connectivity index (χ1) is 19.3. The SMILES string of the molecule is CC(C)[C@@H]1c2nc(NC(=O)Cc3ccc(S(C)(=O)=O)c(C4CCC4)c3)sc2CN1Cc1ccc(OC(F)(F)F)cc1. The minimum absolute atomic E-state index is 0.00780. The van der Waals surface area contributed by atoms with Gasteiger partial charge < -0.3 is 10.1 Å². The van der Waals surface area contributed by atoms with E-state index in [-0.39, 0.29) is 36.0 Å². The van der Waals surface area contributed by atoms with Crippen LogP contribution in [-0.2, 0) is 34.1 Å². The molecule has 0 unspecified atom stereocenters. The lowest BCUT2D eigenvalue weighted by atomic mass is 9.79. The number of rotatable bonds is 9. The highest BCUT2D eigenvalue weighted by Gasteiger charge is 2.36. The molecule has 2 aliphatic rings. The molecule has 220 valence electrons. The second-order valence-corrected chi connectivity index (χ2v) is 14.2. The van der Waals surface area contributed by atoms with E-state index < -0.39 is 16.2 Å². The molecule has 1 atom stereocenters.